The van der Waals surface area contributed by atoms with E-state index in [1.54, 1.807) is 7.11 Å². The number of likely N-dealkylation sites (N-methyl/N-ethyl adjacent to an activating group) is 1. The second-order valence-electron chi connectivity index (χ2n) is 3.88. The number of halogens is 1. The molecule has 17 heavy (non-hydrogen) atoms. The minimum absolute atomic E-state index is 0.0276. The quantitative estimate of drug-likeness (QED) is 0.822. The maximum absolute atomic E-state index is 13.2. The summed E-state index contributed by atoms with van der Waals surface area (Å²) in [7, 11) is 3.48. The number of carbonyl (C=O) groups is 1. The summed E-state index contributed by atoms with van der Waals surface area (Å²) in [6.45, 7) is 1.77. The third-order valence-corrected chi connectivity index (χ3v) is 2.33. The molecule has 0 bridgehead atoms. The number of methoxy groups -OCH3 is 1. The van der Waals surface area contributed by atoms with Gasteiger partial charge in [0, 0.05) is 20.2 Å². The van der Waals surface area contributed by atoms with Crippen molar-refractivity contribution in [2.45, 2.75) is 6.54 Å². The van der Waals surface area contributed by atoms with Crippen LogP contribution in [0.1, 0.15) is 15.9 Å². The average molecular weight is 241 g/mol. The van der Waals surface area contributed by atoms with Crippen molar-refractivity contribution in [3.63, 3.8) is 0 Å². The van der Waals surface area contributed by atoms with Gasteiger partial charge in [-0.1, -0.05) is 0 Å². The number of rotatable bonds is 6. The molecular formula is C12H16FNO3. The van der Waals surface area contributed by atoms with Gasteiger partial charge in [0.1, 0.15) is 5.82 Å². The van der Waals surface area contributed by atoms with Gasteiger partial charge in [-0.3, -0.25) is 4.90 Å². The zero-order chi connectivity index (χ0) is 12.8. The lowest BCUT2D eigenvalue weighted by molar-refractivity contribution is 0.0696. The van der Waals surface area contributed by atoms with Gasteiger partial charge in [-0.15, -0.1) is 0 Å². The summed E-state index contributed by atoms with van der Waals surface area (Å²) >= 11 is 0. The largest absolute Gasteiger partial charge is 0.478 e. The van der Waals surface area contributed by atoms with Crippen molar-refractivity contribution in [1.29, 1.82) is 0 Å². The first-order valence-electron chi connectivity index (χ1n) is 5.23. The molecule has 0 aliphatic rings. The molecular weight excluding hydrogens is 225 g/mol. The number of carboxylic acid groups (broad SMARTS) is 1. The number of ether oxygens (including phenoxy) is 1. The molecule has 0 atom stereocenters. The molecule has 0 aliphatic carbocycles. The summed E-state index contributed by atoms with van der Waals surface area (Å²) in [6.07, 6.45) is 0. The summed E-state index contributed by atoms with van der Waals surface area (Å²) in [5, 5.41) is 8.81. The van der Waals surface area contributed by atoms with Crippen LogP contribution in [0.3, 0.4) is 0 Å². The molecule has 0 aliphatic heterocycles. The van der Waals surface area contributed by atoms with Crippen molar-refractivity contribution in [1.82, 2.24) is 4.90 Å². The standard InChI is InChI=1S/C12H16FNO3/c1-14(3-4-17-2)8-9-5-10(12(15)16)7-11(13)6-9/h5-7H,3-4,8H2,1-2H3,(H,15,16). The molecule has 1 aromatic rings. The number of hydrogen-bond acceptors (Lipinski definition) is 3. The topological polar surface area (TPSA) is 49.8 Å². The summed E-state index contributed by atoms with van der Waals surface area (Å²) in [4.78, 5) is 12.7. The lowest BCUT2D eigenvalue weighted by atomic mass is 10.1. The Balaban J connectivity index is 2.73. The molecule has 1 aromatic carbocycles. The van der Waals surface area contributed by atoms with Gasteiger partial charge < -0.3 is 9.84 Å². The first kappa shape index (κ1) is 13.6. The minimum Gasteiger partial charge on any atom is -0.478 e. The van der Waals surface area contributed by atoms with E-state index < -0.39 is 11.8 Å². The summed E-state index contributed by atoms with van der Waals surface area (Å²) in [6, 6.07) is 3.84. The van der Waals surface area contributed by atoms with Crippen molar-refractivity contribution in [3.8, 4) is 0 Å². The Kier molecular flexibility index (Phi) is 5.06. The number of carboxylic acids is 1. The van der Waals surface area contributed by atoms with Gasteiger partial charge in [-0.05, 0) is 30.8 Å². The van der Waals surface area contributed by atoms with Crippen LogP contribution in [0.4, 0.5) is 4.39 Å². The Bertz CT molecular complexity index is 395. The number of nitrogens with zero attached hydrogens (tertiary/aromatic N) is 1. The fourth-order valence-electron chi connectivity index (χ4n) is 1.50. The molecule has 0 heterocycles. The molecule has 4 nitrogen and oxygen atoms in total. The fraction of sp³-hybridized carbons (Fsp3) is 0.417. The van der Waals surface area contributed by atoms with Crippen LogP contribution in [0.2, 0.25) is 0 Å². The van der Waals surface area contributed by atoms with Crippen LogP contribution in [0.25, 0.3) is 0 Å². The average Bonchev–Trinajstić information content (AvgIpc) is 2.25. The lowest BCUT2D eigenvalue weighted by Crippen LogP contribution is -2.22. The highest BCUT2D eigenvalue weighted by atomic mass is 19.1. The number of aromatic carboxylic acids is 1. The molecule has 0 radical (unpaired) electrons. The normalized spacial score (nSPS) is 10.8. The fourth-order valence-corrected chi connectivity index (χ4v) is 1.50. The van der Waals surface area contributed by atoms with Crippen LogP contribution in [-0.2, 0) is 11.3 Å². The van der Waals surface area contributed by atoms with Crippen LogP contribution < -0.4 is 0 Å². The molecule has 5 heteroatoms. The third-order valence-electron chi connectivity index (χ3n) is 2.33. The molecule has 0 spiro atoms. The van der Waals surface area contributed by atoms with Crippen LogP contribution in [0.15, 0.2) is 18.2 Å². The van der Waals surface area contributed by atoms with Crippen molar-refractivity contribution < 1.29 is 19.0 Å². The van der Waals surface area contributed by atoms with Crippen LogP contribution >= 0.6 is 0 Å². The van der Waals surface area contributed by atoms with Crippen molar-refractivity contribution >= 4 is 5.97 Å². The van der Waals surface area contributed by atoms with E-state index in [1.807, 2.05) is 11.9 Å². The highest BCUT2D eigenvalue weighted by molar-refractivity contribution is 5.87. The summed E-state index contributed by atoms with van der Waals surface area (Å²) in [5.74, 6) is -1.65. The van der Waals surface area contributed by atoms with Crippen molar-refractivity contribution in [2.24, 2.45) is 0 Å². The predicted molar refractivity (Wildman–Crippen MR) is 61.6 cm³/mol. The van der Waals surface area contributed by atoms with E-state index in [-0.39, 0.29) is 5.56 Å². The Morgan fingerprint density at radius 1 is 1.47 bits per heavy atom. The Hall–Kier alpha value is -1.46. The molecule has 0 aromatic heterocycles. The van der Waals surface area contributed by atoms with Gasteiger partial charge in [-0.25, -0.2) is 9.18 Å². The highest BCUT2D eigenvalue weighted by Gasteiger charge is 2.08. The zero-order valence-corrected chi connectivity index (χ0v) is 9.94. The minimum atomic E-state index is -1.12. The maximum Gasteiger partial charge on any atom is 0.335 e. The summed E-state index contributed by atoms with van der Waals surface area (Å²) < 4.78 is 18.1. The first-order valence-corrected chi connectivity index (χ1v) is 5.23. The van der Waals surface area contributed by atoms with E-state index in [0.717, 1.165) is 6.07 Å². The van der Waals surface area contributed by atoms with E-state index in [1.165, 1.54) is 12.1 Å². The van der Waals surface area contributed by atoms with E-state index in [0.29, 0.717) is 25.3 Å². The second-order valence-corrected chi connectivity index (χ2v) is 3.88. The predicted octanol–water partition coefficient (Wildman–Crippen LogP) is 1.60. The molecule has 1 N–H and O–H groups in total. The Labute approximate surface area is 99.6 Å². The summed E-state index contributed by atoms with van der Waals surface area (Å²) in [5.41, 5.74) is 0.612. The smallest absolute Gasteiger partial charge is 0.335 e. The Morgan fingerprint density at radius 2 is 2.18 bits per heavy atom. The number of benzene rings is 1. The second kappa shape index (κ2) is 6.32. The van der Waals surface area contributed by atoms with Gasteiger partial charge in [0.25, 0.3) is 0 Å². The zero-order valence-electron chi connectivity index (χ0n) is 9.94. The van der Waals surface area contributed by atoms with Gasteiger partial charge in [0.15, 0.2) is 0 Å². The first-order chi connectivity index (χ1) is 8.02. The lowest BCUT2D eigenvalue weighted by Gasteiger charge is -2.16. The van der Waals surface area contributed by atoms with Gasteiger partial charge in [0.05, 0.1) is 12.2 Å². The third kappa shape index (κ3) is 4.50. The highest BCUT2D eigenvalue weighted by Crippen LogP contribution is 2.11. The molecule has 0 amide bonds. The molecule has 1 rings (SSSR count). The monoisotopic (exact) mass is 241 g/mol. The molecule has 0 saturated heterocycles. The van der Waals surface area contributed by atoms with Crippen LogP contribution in [-0.4, -0.2) is 43.3 Å². The van der Waals surface area contributed by atoms with Crippen LogP contribution in [0, 0.1) is 5.82 Å². The molecule has 94 valence electrons. The van der Waals surface area contributed by atoms with Crippen molar-refractivity contribution in [3.05, 3.63) is 35.1 Å². The van der Waals surface area contributed by atoms with Gasteiger partial charge >= 0.3 is 5.97 Å². The van der Waals surface area contributed by atoms with Crippen LogP contribution in [0.5, 0.6) is 0 Å². The Morgan fingerprint density at radius 3 is 2.76 bits per heavy atom. The number of hydrogen-bond donors (Lipinski definition) is 1. The van der Waals surface area contributed by atoms with Gasteiger partial charge in [-0.2, -0.15) is 0 Å². The van der Waals surface area contributed by atoms with Gasteiger partial charge in [0.2, 0.25) is 0 Å². The van der Waals surface area contributed by atoms with E-state index >= 15 is 0 Å². The van der Waals surface area contributed by atoms with Crippen molar-refractivity contribution in [2.75, 3.05) is 27.3 Å². The van der Waals surface area contributed by atoms with E-state index in [2.05, 4.69) is 0 Å². The SMILES string of the molecule is COCCN(C)Cc1cc(F)cc(C(=O)O)c1. The molecule has 0 saturated carbocycles. The van der Waals surface area contributed by atoms with E-state index in [4.69, 9.17) is 9.84 Å². The molecule has 0 fully saturated rings. The van der Waals surface area contributed by atoms with E-state index in [9.17, 15) is 9.18 Å². The molecule has 0 unspecified atom stereocenters. The maximum atomic E-state index is 13.2.